The van der Waals surface area contributed by atoms with Gasteiger partial charge in [-0.2, -0.15) is 4.31 Å². The molecule has 1 aliphatic rings. The van der Waals surface area contributed by atoms with Gasteiger partial charge in [0.1, 0.15) is 0 Å². The van der Waals surface area contributed by atoms with Crippen LogP contribution in [-0.2, 0) is 14.8 Å². The van der Waals surface area contributed by atoms with E-state index in [0.717, 1.165) is 16.7 Å². The second-order valence-corrected chi connectivity index (χ2v) is 10.7. The zero-order chi connectivity index (χ0) is 24.9. The van der Waals surface area contributed by atoms with Crippen molar-refractivity contribution in [3.63, 3.8) is 0 Å². The summed E-state index contributed by atoms with van der Waals surface area (Å²) in [6.45, 7) is 11.3. The fourth-order valence-electron chi connectivity index (χ4n) is 4.34. The number of rotatable bonds is 9. The molecule has 1 fully saturated rings. The highest BCUT2D eigenvalue weighted by Crippen LogP contribution is 2.31. The average molecular weight is 489 g/mol. The van der Waals surface area contributed by atoms with Gasteiger partial charge in [0.25, 0.3) is 0 Å². The van der Waals surface area contributed by atoms with Gasteiger partial charge in [-0.05, 0) is 76.8 Å². The van der Waals surface area contributed by atoms with Crippen molar-refractivity contribution >= 4 is 15.9 Å². The van der Waals surface area contributed by atoms with Crippen LogP contribution < -0.4 is 14.8 Å². The predicted octanol–water partition coefficient (Wildman–Crippen LogP) is 4.38. The van der Waals surface area contributed by atoms with E-state index >= 15 is 0 Å². The lowest BCUT2D eigenvalue weighted by atomic mass is 9.96. The van der Waals surface area contributed by atoms with E-state index < -0.39 is 10.0 Å². The number of nitrogens with one attached hydrogen (secondary N) is 1. The van der Waals surface area contributed by atoms with E-state index in [0.29, 0.717) is 55.5 Å². The summed E-state index contributed by atoms with van der Waals surface area (Å²) in [7, 11) is -3.57. The van der Waals surface area contributed by atoms with Gasteiger partial charge in [-0.15, -0.1) is 0 Å². The number of carbonyl (C=O) groups excluding carboxylic acids is 1. The number of amides is 1. The summed E-state index contributed by atoms with van der Waals surface area (Å²) in [5.74, 6) is 1.07. The van der Waals surface area contributed by atoms with E-state index in [2.05, 4.69) is 5.32 Å². The Morgan fingerprint density at radius 2 is 1.68 bits per heavy atom. The molecule has 1 saturated heterocycles. The largest absolute Gasteiger partial charge is 0.490 e. The van der Waals surface area contributed by atoms with Crippen molar-refractivity contribution < 1.29 is 22.7 Å². The molecule has 0 spiro atoms. The monoisotopic (exact) mass is 488 g/mol. The number of ether oxygens (including phenoxy) is 2. The van der Waals surface area contributed by atoms with Gasteiger partial charge in [0.2, 0.25) is 15.9 Å². The molecule has 1 aliphatic heterocycles. The number of benzene rings is 2. The topological polar surface area (TPSA) is 84.9 Å². The molecule has 1 heterocycles. The summed E-state index contributed by atoms with van der Waals surface area (Å²) in [5, 5.41) is 3.08. The Kier molecular flexibility index (Phi) is 8.60. The lowest BCUT2D eigenvalue weighted by molar-refractivity contribution is -0.126. The van der Waals surface area contributed by atoms with Crippen LogP contribution in [0.25, 0.3) is 0 Å². The van der Waals surface area contributed by atoms with Crippen molar-refractivity contribution in [2.75, 3.05) is 26.3 Å². The van der Waals surface area contributed by atoms with E-state index in [1.165, 1.54) is 4.31 Å². The summed E-state index contributed by atoms with van der Waals surface area (Å²) in [6.07, 6.45) is 0.992. The molecule has 3 rings (SSSR count). The normalized spacial score (nSPS) is 16.1. The molecule has 1 unspecified atom stereocenters. The summed E-state index contributed by atoms with van der Waals surface area (Å²) in [5.41, 5.74) is 2.70. The van der Waals surface area contributed by atoms with Gasteiger partial charge in [0.05, 0.1) is 24.2 Å². The van der Waals surface area contributed by atoms with E-state index in [4.69, 9.17) is 9.47 Å². The van der Waals surface area contributed by atoms with E-state index in [-0.39, 0.29) is 17.9 Å². The van der Waals surface area contributed by atoms with E-state index in [9.17, 15) is 13.2 Å². The van der Waals surface area contributed by atoms with Crippen LogP contribution in [-0.4, -0.2) is 44.9 Å². The fourth-order valence-corrected chi connectivity index (χ4v) is 6.01. The minimum Gasteiger partial charge on any atom is -0.490 e. The highest BCUT2D eigenvalue weighted by atomic mass is 32.2. The molecular weight excluding hydrogens is 452 g/mol. The van der Waals surface area contributed by atoms with Gasteiger partial charge in [0, 0.05) is 19.0 Å². The highest BCUT2D eigenvalue weighted by Gasteiger charge is 2.33. The standard InChI is InChI=1S/C26H36N2O5S/c1-6-32-23-10-9-22(17-24(23)33-7-2)20(5)27-26(29)21-12-14-28(15-13-21)34(30,31)25-11-8-18(3)16-19(25)4/h8-11,16-17,20-21H,6-7,12-15H2,1-5H3,(H,27,29). The van der Waals surface area contributed by atoms with Crippen molar-refractivity contribution in [3.05, 3.63) is 53.1 Å². The maximum atomic E-state index is 13.1. The Morgan fingerprint density at radius 3 is 2.29 bits per heavy atom. The van der Waals surface area contributed by atoms with Crippen LogP contribution in [0.5, 0.6) is 11.5 Å². The third kappa shape index (κ3) is 5.91. The van der Waals surface area contributed by atoms with Gasteiger partial charge in [0.15, 0.2) is 11.5 Å². The van der Waals surface area contributed by atoms with Crippen LogP contribution in [0.4, 0.5) is 0 Å². The van der Waals surface area contributed by atoms with Crippen LogP contribution in [0.15, 0.2) is 41.3 Å². The number of aryl methyl sites for hydroxylation is 2. The maximum Gasteiger partial charge on any atom is 0.243 e. The zero-order valence-electron chi connectivity index (χ0n) is 20.8. The van der Waals surface area contributed by atoms with Crippen LogP contribution in [0, 0.1) is 19.8 Å². The summed E-state index contributed by atoms with van der Waals surface area (Å²) in [4.78, 5) is 13.3. The zero-order valence-corrected chi connectivity index (χ0v) is 21.6. The van der Waals surface area contributed by atoms with Crippen molar-refractivity contribution in [2.45, 2.75) is 58.4 Å². The first-order valence-electron chi connectivity index (χ1n) is 11.9. The number of sulfonamides is 1. The molecule has 8 heteroatoms. The number of piperidine rings is 1. The molecule has 34 heavy (non-hydrogen) atoms. The lowest BCUT2D eigenvalue weighted by Crippen LogP contribution is -2.43. The van der Waals surface area contributed by atoms with Gasteiger partial charge in [-0.25, -0.2) is 8.42 Å². The van der Waals surface area contributed by atoms with Gasteiger partial charge in [-0.1, -0.05) is 23.8 Å². The molecule has 7 nitrogen and oxygen atoms in total. The quantitative estimate of drug-likeness (QED) is 0.566. The predicted molar refractivity (Wildman–Crippen MR) is 133 cm³/mol. The highest BCUT2D eigenvalue weighted by molar-refractivity contribution is 7.89. The average Bonchev–Trinajstić information content (AvgIpc) is 2.80. The second-order valence-electron chi connectivity index (χ2n) is 8.75. The second kappa shape index (κ2) is 11.2. The Morgan fingerprint density at radius 1 is 1.03 bits per heavy atom. The number of hydrogen-bond donors (Lipinski definition) is 1. The molecule has 0 saturated carbocycles. The lowest BCUT2D eigenvalue weighted by Gasteiger charge is -2.31. The molecule has 2 aromatic carbocycles. The number of hydrogen-bond acceptors (Lipinski definition) is 5. The Labute approximate surface area is 203 Å². The smallest absolute Gasteiger partial charge is 0.243 e. The molecule has 186 valence electrons. The van der Waals surface area contributed by atoms with Crippen molar-refractivity contribution in [3.8, 4) is 11.5 Å². The third-order valence-corrected chi connectivity index (χ3v) is 8.26. The molecule has 2 aromatic rings. The van der Waals surface area contributed by atoms with E-state index in [1.54, 1.807) is 6.07 Å². The van der Waals surface area contributed by atoms with Gasteiger partial charge < -0.3 is 14.8 Å². The van der Waals surface area contributed by atoms with Crippen LogP contribution in [0.1, 0.15) is 56.3 Å². The Bertz CT molecular complexity index is 1110. The number of nitrogens with zero attached hydrogens (tertiary/aromatic N) is 1. The van der Waals surface area contributed by atoms with E-state index in [1.807, 2.05) is 65.0 Å². The third-order valence-electron chi connectivity index (χ3n) is 6.20. The fraction of sp³-hybridized carbons (Fsp3) is 0.500. The first-order chi connectivity index (χ1) is 16.2. The molecule has 1 amide bonds. The SMILES string of the molecule is CCOc1ccc(C(C)NC(=O)C2CCN(S(=O)(=O)c3ccc(C)cc3C)CC2)cc1OCC. The molecule has 1 atom stereocenters. The Balaban J connectivity index is 1.62. The van der Waals surface area contributed by atoms with Gasteiger partial charge in [-0.3, -0.25) is 4.79 Å². The van der Waals surface area contributed by atoms with Crippen molar-refractivity contribution in [1.29, 1.82) is 0 Å². The van der Waals surface area contributed by atoms with Crippen LogP contribution in [0.2, 0.25) is 0 Å². The minimum atomic E-state index is -3.57. The first-order valence-corrected chi connectivity index (χ1v) is 13.4. The Hall–Kier alpha value is -2.58. The molecule has 0 aromatic heterocycles. The van der Waals surface area contributed by atoms with Crippen LogP contribution >= 0.6 is 0 Å². The van der Waals surface area contributed by atoms with Crippen LogP contribution in [0.3, 0.4) is 0 Å². The summed E-state index contributed by atoms with van der Waals surface area (Å²) in [6, 6.07) is 10.9. The summed E-state index contributed by atoms with van der Waals surface area (Å²) >= 11 is 0. The first kappa shape index (κ1) is 26.0. The molecule has 0 radical (unpaired) electrons. The molecule has 0 bridgehead atoms. The maximum absolute atomic E-state index is 13.1. The summed E-state index contributed by atoms with van der Waals surface area (Å²) < 4.78 is 39.1. The number of carbonyl (C=O) groups is 1. The molecule has 0 aliphatic carbocycles. The van der Waals surface area contributed by atoms with Crippen molar-refractivity contribution in [1.82, 2.24) is 9.62 Å². The van der Waals surface area contributed by atoms with Crippen molar-refractivity contribution in [2.24, 2.45) is 5.92 Å². The van der Waals surface area contributed by atoms with Gasteiger partial charge >= 0.3 is 0 Å². The molecule has 1 N–H and O–H groups in total. The molecular formula is C26H36N2O5S. The minimum absolute atomic E-state index is 0.0529.